The van der Waals surface area contributed by atoms with E-state index in [0.717, 1.165) is 5.52 Å². The predicted octanol–water partition coefficient (Wildman–Crippen LogP) is -0.102. The third kappa shape index (κ3) is 3.17. The van der Waals surface area contributed by atoms with E-state index in [1.807, 2.05) is 10.8 Å². The smallest absolute Gasteiger partial charge is 0.248 e. The van der Waals surface area contributed by atoms with Crippen molar-refractivity contribution in [1.82, 2.24) is 29.1 Å². The zero-order valence-corrected chi connectivity index (χ0v) is 17.7. The third-order valence-electron chi connectivity index (χ3n) is 5.54. The Labute approximate surface area is 185 Å². The predicted molar refractivity (Wildman–Crippen MR) is 116 cm³/mol. The second-order valence-corrected chi connectivity index (χ2v) is 8.18. The molecule has 1 aliphatic rings. The first-order valence-corrected chi connectivity index (χ1v) is 10.9. The molecule has 5 rings (SSSR count). The quantitative estimate of drug-likeness (QED) is 0.296. The van der Waals surface area contributed by atoms with Crippen molar-refractivity contribution in [2.45, 2.75) is 36.2 Å². The number of aliphatic hydroxyl groups is 2. The largest absolute Gasteiger partial charge is 0.387 e. The lowest BCUT2D eigenvalue weighted by molar-refractivity contribution is -0.0396. The summed E-state index contributed by atoms with van der Waals surface area (Å²) in [4.78, 5) is 28.3. The summed E-state index contributed by atoms with van der Waals surface area (Å²) in [5.74, 6) is -0.326. The zero-order valence-electron chi connectivity index (χ0n) is 16.9. The molecular weight excluding hydrogens is 436 g/mol. The van der Waals surface area contributed by atoms with Gasteiger partial charge in [-0.25, -0.2) is 19.9 Å². The van der Waals surface area contributed by atoms with Crippen molar-refractivity contribution in [3.05, 3.63) is 36.4 Å². The molecule has 4 heterocycles. The molecule has 166 valence electrons. The monoisotopic (exact) mass is 456 g/mol. The van der Waals surface area contributed by atoms with Crippen LogP contribution in [-0.2, 0) is 11.3 Å². The third-order valence-corrected chi connectivity index (χ3v) is 6.22. The maximum absolute atomic E-state index is 11.5. The SMILES string of the molecule is CSc1nc2cc(C(N)=O)ccc2n1C[C@H]1O[C@@H](n2cnc3c(N)ncnc32)[C@H](O)[C@@H]1O. The molecule has 0 bridgehead atoms. The number of aliphatic hydroxyl groups excluding tert-OH is 2. The first-order chi connectivity index (χ1) is 15.4. The van der Waals surface area contributed by atoms with Crippen LogP contribution in [0.4, 0.5) is 5.82 Å². The molecule has 0 aliphatic carbocycles. The molecule has 4 atom stereocenters. The van der Waals surface area contributed by atoms with E-state index in [1.165, 1.54) is 29.0 Å². The Kier molecular flexibility index (Phi) is 4.97. The number of hydrogen-bond donors (Lipinski definition) is 4. The van der Waals surface area contributed by atoms with Crippen molar-refractivity contribution in [3.8, 4) is 0 Å². The molecule has 1 saturated heterocycles. The van der Waals surface area contributed by atoms with Crippen molar-refractivity contribution < 1.29 is 19.7 Å². The Morgan fingerprint density at radius 1 is 1.25 bits per heavy atom. The molecule has 12 nitrogen and oxygen atoms in total. The van der Waals surface area contributed by atoms with Crippen LogP contribution in [0.5, 0.6) is 0 Å². The van der Waals surface area contributed by atoms with Gasteiger partial charge in [0.2, 0.25) is 5.91 Å². The van der Waals surface area contributed by atoms with E-state index < -0.39 is 30.4 Å². The van der Waals surface area contributed by atoms with Crippen LogP contribution in [-0.4, -0.2) is 69.8 Å². The molecule has 0 radical (unpaired) electrons. The Morgan fingerprint density at radius 2 is 2.06 bits per heavy atom. The lowest BCUT2D eigenvalue weighted by Crippen LogP contribution is -2.33. The summed E-state index contributed by atoms with van der Waals surface area (Å²) in [6, 6.07) is 5.00. The standard InChI is InChI=1S/C19H20N8O4S/c1-32-19-25-9-4-8(16(21)30)2-3-10(9)26(19)5-11-13(28)14(29)18(31-11)27-7-24-12-15(20)22-6-23-17(12)27/h2-4,6-7,11,13-14,18,28-29H,5H2,1H3,(H2,21,30)(H2,20,22,23)/t11-,13-,14-,18-/m1/s1. The maximum atomic E-state index is 11.5. The van der Waals surface area contributed by atoms with Gasteiger partial charge in [-0.05, 0) is 24.5 Å². The summed E-state index contributed by atoms with van der Waals surface area (Å²) >= 11 is 1.41. The van der Waals surface area contributed by atoms with Gasteiger partial charge in [0.05, 0.1) is 23.9 Å². The van der Waals surface area contributed by atoms with Crippen LogP contribution in [0.3, 0.4) is 0 Å². The maximum Gasteiger partial charge on any atom is 0.248 e. The summed E-state index contributed by atoms with van der Waals surface area (Å²) in [6.45, 7) is 0.223. The Hall–Kier alpha value is -3.26. The number of nitrogen functional groups attached to an aromatic ring is 1. The van der Waals surface area contributed by atoms with E-state index in [2.05, 4.69) is 19.9 Å². The Morgan fingerprint density at radius 3 is 2.81 bits per heavy atom. The molecule has 3 aromatic heterocycles. The molecule has 1 fully saturated rings. The van der Waals surface area contributed by atoms with E-state index in [4.69, 9.17) is 16.2 Å². The number of thioether (sulfide) groups is 1. The van der Waals surface area contributed by atoms with Gasteiger partial charge in [0.1, 0.15) is 30.2 Å². The first kappa shape index (κ1) is 20.6. The number of amides is 1. The van der Waals surface area contributed by atoms with Crippen molar-refractivity contribution in [1.29, 1.82) is 0 Å². The van der Waals surface area contributed by atoms with Gasteiger partial charge in [0.15, 0.2) is 22.8 Å². The number of anilines is 1. The van der Waals surface area contributed by atoms with Gasteiger partial charge in [0.25, 0.3) is 0 Å². The first-order valence-electron chi connectivity index (χ1n) is 9.67. The van der Waals surface area contributed by atoms with Gasteiger partial charge in [-0.2, -0.15) is 0 Å². The number of hydrogen-bond acceptors (Lipinski definition) is 10. The number of nitrogens with zero attached hydrogens (tertiary/aromatic N) is 6. The molecule has 1 aromatic carbocycles. The molecule has 1 aliphatic heterocycles. The summed E-state index contributed by atoms with van der Waals surface area (Å²) in [7, 11) is 0. The van der Waals surface area contributed by atoms with E-state index in [0.29, 0.717) is 27.4 Å². The minimum Gasteiger partial charge on any atom is -0.387 e. The minimum atomic E-state index is -1.22. The van der Waals surface area contributed by atoms with Crippen LogP contribution in [0.25, 0.3) is 22.2 Å². The van der Waals surface area contributed by atoms with Crippen molar-refractivity contribution in [2.75, 3.05) is 12.0 Å². The van der Waals surface area contributed by atoms with Crippen LogP contribution in [0.15, 0.2) is 36.0 Å². The van der Waals surface area contributed by atoms with E-state index in [-0.39, 0.29) is 12.4 Å². The number of nitrogens with two attached hydrogens (primary N) is 2. The fraction of sp³-hybridized carbons (Fsp3) is 0.316. The van der Waals surface area contributed by atoms with E-state index >= 15 is 0 Å². The lowest BCUT2D eigenvalue weighted by Gasteiger charge is -2.17. The highest BCUT2D eigenvalue weighted by Gasteiger charge is 2.44. The number of ether oxygens (including phenoxy) is 1. The highest BCUT2D eigenvalue weighted by molar-refractivity contribution is 7.98. The number of fused-ring (bicyclic) bond motifs is 2. The molecule has 6 N–H and O–H groups in total. The van der Waals surface area contributed by atoms with Gasteiger partial charge in [-0.1, -0.05) is 11.8 Å². The van der Waals surface area contributed by atoms with Gasteiger partial charge in [-0.15, -0.1) is 0 Å². The summed E-state index contributed by atoms with van der Waals surface area (Å²) in [5, 5.41) is 22.1. The molecule has 13 heteroatoms. The molecule has 4 aromatic rings. The number of carbonyl (C=O) groups is 1. The van der Waals surface area contributed by atoms with Gasteiger partial charge >= 0.3 is 0 Å². The second-order valence-electron chi connectivity index (χ2n) is 7.41. The number of primary amides is 1. The number of benzene rings is 1. The van der Waals surface area contributed by atoms with Gasteiger partial charge < -0.3 is 31.0 Å². The number of rotatable bonds is 5. The van der Waals surface area contributed by atoms with Crippen LogP contribution >= 0.6 is 11.8 Å². The van der Waals surface area contributed by atoms with Crippen molar-refractivity contribution in [3.63, 3.8) is 0 Å². The number of imidazole rings is 2. The van der Waals surface area contributed by atoms with E-state index in [9.17, 15) is 15.0 Å². The normalized spacial score (nSPS) is 23.3. The second kappa shape index (κ2) is 7.70. The van der Waals surface area contributed by atoms with Gasteiger partial charge in [-0.3, -0.25) is 9.36 Å². The highest BCUT2D eigenvalue weighted by Crippen LogP contribution is 2.34. The lowest BCUT2D eigenvalue weighted by atomic mass is 10.1. The fourth-order valence-corrected chi connectivity index (χ4v) is 4.52. The summed E-state index contributed by atoms with van der Waals surface area (Å²) < 4.78 is 9.46. The topological polar surface area (TPSA) is 180 Å². The molecular formula is C19H20N8O4S. The summed E-state index contributed by atoms with van der Waals surface area (Å²) in [6.07, 6.45) is 0.570. The molecule has 0 saturated carbocycles. The van der Waals surface area contributed by atoms with Crippen LogP contribution < -0.4 is 11.5 Å². The van der Waals surface area contributed by atoms with Crippen molar-refractivity contribution >= 4 is 45.7 Å². The fourth-order valence-electron chi connectivity index (χ4n) is 3.94. The van der Waals surface area contributed by atoms with Crippen LogP contribution in [0, 0.1) is 0 Å². The summed E-state index contributed by atoms with van der Waals surface area (Å²) in [5.41, 5.74) is 13.7. The molecule has 0 unspecified atom stereocenters. The zero-order chi connectivity index (χ0) is 22.6. The molecule has 1 amide bonds. The van der Waals surface area contributed by atoms with Crippen LogP contribution in [0.2, 0.25) is 0 Å². The van der Waals surface area contributed by atoms with E-state index in [1.54, 1.807) is 18.2 Å². The van der Waals surface area contributed by atoms with Crippen molar-refractivity contribution in [2.24, 2.45) is 5.73 Å². The Bertz CT molecular complexity index is 1340. The average Bonchev–Trinajstić information content (AvgIpc) is 3.44. The van der Waals surface area contributed by atoms with Gasteiger partial charge in [0, 0.05) is 5.56 Å². The molecule has 0 spiro atoms. The average molecular weight is 456 g/mol. The number of aromatic nitrogens is 6. The number of carbonyl (C=O) groups excluding carboxylic acids is 1. The minimum absolute atomic E-state index is 0.211. The highest BCUT2D eigenvalue weighted by atomic mass is 32.2. The Balaban J connectivity index is 1.48. The molecule has 32 heavy (non-hydrogen) atoms. The van der Waals surface area contributed by atoms with Crippen LogP contribution in [0.1, 0.15) is 16.6 Å².